The van der Waals surface area contributed by atoms with E-state index in [0.717, 1.165) is 31.9 Å². The van der Waals surface area contributed by atoms with E-state index in [0.29, 0.717) is 41.7 Å². The molecule has 0 spiro atoms. The van der Waals surface area contributed by atoms with Gasteiger partial charge in [-0.25, -0.2) is 0 Å². The van der Waals surface area contributed by atoms with Crippen LogP contribution in [0.15, 0.2) is 70.9 Å². The number of ketones is 1. The number of hydrogen-bond donors (Lipinski definition) is 1. The molecule has 2 fully saturated rings. The number of likely N-dealkylation sites (N-methyl/N-ethyl adjacent to an activating group) is 1. The predicted octanol–water partition coefficient (Wildman–Crippen LogP) is 3.43. The predicted molar refractivity (Wildman–Crippen MR) is 137 cm³/mol. The topological polar surface area (TPSA) is 95.7 Å². The lowest BCUT2D eigenvalue weighted by Gasteiger charge is -2.34. The third kappa shape index (κ3) is 4.11. The van der Waals surface area contributed by atoms with Crippen molar-refractivity contribution >= 4 is 28.8 Å². The van der Waals surface area contributed by atoms with Crippen molar-refractivity contribution in [3.8, 4) is 11.5 Å². The van der Waals surface area contributed by atoms with Gasteiger partial charge in [-0.15, -0.1) is 0 Å². The zero-order valence-corrected chi connectivity index (χ0v) is 20.4. The standard InChI is InChI=1S/C28H27N3O6/c1-29-10-12-30(13-11-29)19-5-7-20(8-6-19)31-25(22-3-2-14-35-22)24(27(33)28(31)34)26(32)18-4-9-21-23(17-18)37-16-15-36-21/h2-9,14,17,25,32H,10-13,15-16H2,1H3/b26-24-. The number of benzene rings is 2. The minimum Gasteiger partial charge on any atom is -0.507 e. The Kier molecular flexibility index (Phi) is 5.84. The lowest BCUT2D eigenvalue weighted by atomic mass is 9.99. The first-order valence-electron chi connectivity index (χ1n) is 12.3. The van der Waals surface area contributed by atoms with E-state index in [-0.39, 0.29) is 11.3 Å². The van der Waals surface area contributed by atoms with E-state index in [1.54, 1.807) is 30.3 Å². The largest absolute Gasteiger partial charge is 0.507 e. The molecular weight excluding hydrogens is 474 g/mol. The molecule has 0 saturated carbocycles. The summed E-state index contributed by atoms with van der Waals surface area (Å²) < 4.78 is 16.9. The molecular formula is C28H27N3O6. The summed E-state index contributed by atoms with van der Waals surface area (Å²) in [6.07, 6.45) is 1.48. The quantitative estimate of drug-likeness (QED) is 0.330. The fourth-order valence-electron chi connectivity index (χ4n) is 5.05. The number of furan rings is 1. The monoisotopic (exact) mass is 501 g/mol. The van der Waals surface area contributed by atoms with Crippen molar-refractivity contribution in [3.63, 3.8) is 0 Å². The van der Waals surface area contributed by atoms with Crippen LogP contribution in [0.1, 0.15) is 17.4 Å². The minimum absolute atomic E-state index is 0.0419. The summed E-state index contributed by atoms with van der Waals surface area (Å²) in [6.45, 7) is 4.63. The van der Waals surface area contributed by atoms with Crippen molar-refractivity contribution < 1.29 is 28.6 Å². The number of rotatable bonds is 4. The van der Waals surface area contributed by atoms with Gasteiger partial charge in [0.25, 0.3) is 11.7 Å². The van der Waals surface area contributed by atoms with Gasteiger partial charge in [-0.3, -0.25) is 14.5 Å². The van der Waals surface area contributed by atoms with Crippen LogP contribution in [-0.4, -0.2) is 68.1 Å². The summed E-state index contributed by atoms with van der Waals surface area (Å²) in [7, 11) is 2.11. The van der Waals surface area contributed by atoms with E-state index in [2.05, 4.69) is 16.8 Å². The highest BCUT2D eigenvalue weighted by Gasteiger charge is 2.48. The molecule has 6 rings (SSSR count). The lowest BCUT2D eigenvalue weighted by molar-refractivity contribution is -0.132. The summed E-state index contributed by atoms with van der Waals surface area (Å²) in [6, 6.07) is 15.0. The van der Waals surface area contributed by atoms with Gasteiger partial charge in [-0.2, -0.15) is 0 Å². The molecule has 3 aromatic rings. The van der Waals surface area contributed by atoms with Gasteiger partial charge in [0.2, 0.25) is 0 Å². The first-order valence-corrected chi connectivity index (χ1v) is 12.3. The molecule has 2 aromatic carbocycles. The number of nitrogens with zero attached hydrogens (tertiary/aromatic N) is 3. The number of hydrogen-bond acceptors (Lipinski definition) is 8. The number of aliphatic hydroxyl groups excluding tert-OH is 1. The number of fused-ring (bicyclic) bond motifs is 1. The summed E-state index contributed by atoms with van der Waals surface area (Å²) in [5.74, 6) is -0.399. The van der Waals surface area contributed by atoms with Crippen LogP contribution in [0.3, 0.4) is 0 Å². The van der Waals surface area contributed by atoms with Gasteiger partial charge >= 0.3 is 0 Å². The average molecular weight is 502 g/mol. The molecule has 0 bridgehead atoms. The number of ether oxygens (including phenoxy) is 2. The smallest absolute Gasteiger partial charge is 0.300 e. The molecule has 0 aliphatic carbocycles. The van der Waals surface area contributed by atoms with Crippen LogP contribution in [0.5, 0.6) is 11.5 Å². The molecule has 1 atom stereocenters. The number of carbonyl (C=O) groups is 2. The zero-order chi connectivity index (χ0) is 25.5. The van der Waals surface area contributed by atoms with Crippen molar-refractivity contribution in [3.05, 3.63) is 77.8 Å². The highest BCUT2D eigenvalue weighted by molar-refractivity contribution is 6.51. The van der Waals surface area contributed by atoms with Crippen LogP contribution in [-0.2, 0) is 9.59 Å². The average Bonchev–Trinajstić information content (AvgIpc) is 3.55. The van der Waals surface area contributed by atoms with E-state index >= 15 is 0 Å². The Balaban J connectivity index is 1.39. The molecule has 3 aliphatic rings. The molecule has 4 heterocycles. The Labute approximate surface area is 214 Å². The molecule has 1 aromatic heterocycles. The Morgan fingerprint density at radius 3 is 2.30 bits per heavy atom. The molecule has 9 heteroatoms. The van der Waals surface area contributed by atoms with Crippen molar-refractivity contribution in [1.29, 1.82) is 0 Å². The third-order valence-electron chi connectivity index (χ3n) is 7.07. The summed E-state index contributed by atoms with van der Waals surface area (Å²) in [4.78, 5) is 32.6. The highest BCUT2D eigenvalue weighted by Crippen LogP contribution is 2.43. The van der Waals surface area contributed by atoms with Crippen molar-refractivity contribution in [2.75, 3.05) is 56.2 Å². The van der Waals surface area contributed by atoms with Gasteiger partial charge in [0.15, 0.2) is 11.5 Å². The van der Waals surface area contributed by atoms with Gasteiger partial charge in [-0.05, 0) is 61.6 Å². The highest BCUT2D eigenvalue weighted by atomic mass is 16.6. The van der Waals surface area contributed by atoms with Gasteiger partial charge in [0.1, 0.15) is 30.8 Å². The number of anilines is 2. The van der Waals surface area contributed by atoms with Crippen LogP contribution in [0, 0.1) is 0 Å². The first-order chi connectivity index (χ1) is 18.0. The van der Waals surface area contributed by atoms with E-state index in [1.807, 2.05) is 24.3 Å². The third-order valence-corrected chi connectivity index (χ3v) is 7.07. The molecule has 2 saturated heterocycles. The number of Topliss-reactive ketones (excluding diaryl/α,β-unsaturated/α-hetero) is 1. The second-order valence-electron chi connectivity index (χ2n) is 9.35. The molecule has 37 heavy (non-hydrogen) atoms. The van der Waals surface area contributed by atoms with E-state index in [1.165, 1.54) is 11.2 Å². The van der Waals surface area contributed by atoms with E-state index in [4.69, 9.17) is 13.9 Å². The van der Waals surface area contributed by atoms with Gasteiger partial charge < -0.3 is 28.8 Å². The van der Waals surface area contributed by atoms with Gasteiger partial charge in [0, 0.05) is 43.1 Å². The Morgan fingerprint density at radius 1 is 0.892 bits per heavy atom. The number of aliphatic hydroxyl groups is 1. The summed E-state index contributed by atoms with van der Waals surface area (Å²) >= 11 is 0. The maximum Gasteiger partial charge on any atom is 0.300 e. The maximum atomic E-state index is 13.3. The van der Waals surface area contributed by atoms with Gasteiger partial charge in [0.05, 0.1) is 11.8 Å². The normalized spacial score (nSPS) is 21.5. The van der Waals surface area contributed by atoms with Crippen LogP contribution < -0.4 is 19.3 Å². The minimum atomic E-state index is -0.919. The number of piperazine rings is 1. The number of carbonyl (C=O) groups excluding carboxylic acids is 2. The second kappa shape index (κ2) is 9.33. The first kappa shape index (κ1) is 23.2. The Morgan fingerprint density at radius 2 is 1.59 bits per heavy atom. The summed E-state index contributed by atoms with van der Waals surface area (Å²) in [5.41, 5.74) is 1.91. The molecule has 1 N–H and O–H groups in total. The van der Waals surface area contributed by atoms with Crippen LogP contribution in [0.2, 0.25) is 0 Å². The Hall–Kier alpha value is -4.24. The molecule has 190 valence electrons. The van der Waals surface area contributed by atoms with Crippen molar-refractivity contribution in [2.24, 2.45) is 0 Å². The van der Waals surface area contributed by atoms with Crippen LogP contribution >= 0.6 is 0 Å². The molecule has 1 unspecified atom stereocenters. The van der Waals surface area contributed by atoms with Crippen LogP contribution in [0.25, 0.3) is 5.76 Å². The van der Waals surface area contributed by atoms with E-state index in [9.17, 15) is 14.7 Å². The zero-order valence-electron chi connectivity index (χ0n) is 20.4. The fourth-order valence-corrected chi connectivity index (χ4v) is 5.05. The summed E-state index contributed by atoms with van der Waals surface area (Å²) in [5, 5.41) is 11.3. The molecule has 0 radical (unpaired) electrons. The molecule has 9 nitrogen and oxygen atoms in total. The maximum absolute atomic E-state index is 13.3. The molecule has 1 amide bonds. The lowest BCUT2D eigenvalue weighted by Crippen LogP contribution is -2.44. The second-order valence-corrected chi connectivity index (χ2v) is 9.35. The van der Waals surface area contributed by atoms with Crippen LogP contribution in [0.4, 0.5) is 11.4 Å². The SMILES string of the molecule is CN1CCN(c2ccc(N3C(=O)C(=O)/C(=C(\O)c4ccc5c(c4)OCCO5)C3c3ccco3)cc2)CC1. The van der Waals surface area contributed by atoms with E-state index < -0.39 is 17.7 Å². The van der Waals surface area contributed by atoms with Crippen molar-refractivity contribution in [2.45, 2.75) is 6.04 Å². The number of amides is 1. The van der Waals surface area contributed by atoms with Gasteiger partial charge in [-0.1, -0.05) is 0 Å². The van der Waals surface area contributed by atoms with Crippen molar-refractivity contribution in [1.82, 2.24) is 4.90 Å². The fraction of sp³-hybridized carbons (Fsp3) is 0.286. The molecule has 3 aliphatic heterocycles. The Bertz CT molecular complexity index is 1360.